The predicted molar refractivity (Wildman–Crippen MR) is 112 cm³/mol. The molecule has 0 unspecified atom stereocenters. The number of hydrogen-bond donors (Lipinski definition) is 0. The molecule has 0 aliphatic heterocycles. The molecule has 0 spiro atoms. The summed E-state index contributed by atoms with van der Waals surface area (Å²) in [6.07, 6.45) is 8.04. The minimum atomic E-state index is -1.25. The SMILES string of the molecule is Cn1cc2ccc(-c3nc(C#N)c(F)cc3-c3cnn(CC4(F)CCCC4)c3)cc2n1. The summed E-state index contributed by atoms with van der Waals surface area (Å²) in [5.41, 5.74) is 1.53. The molecule has 1 aliphatic rings. The molecule has 0 radical (unpaired) electrons. The average Bonchev–Trinajstić information content (AvgIpc) is 3.47. The standard InChI is InChI=1S/C23H20F2N6/c1-30-12-16-5-4-15(8-20(16)29-30)22-18(9-19(24)21(10-26)28-22)17-11-27-31(13-17)14-23(25)6-2-3-7-23/h4-5,8-9,11-13H,2-3,6-7,14H2,1H3. The van der Waals surface area contributed by atoms with Crippen molar-refractivity contribution in [1.82, 2.24) is 24.5 Å². The van der Waals surface area contributed by atoms with Gasteiger partial charge in [0.05, 0.1) is 24.0 Å². The van der Waals surface area contributed by atoms with E-state index in [1.807, 2.05) is 37.5 Å². The Morgan fingerprint density at radius 3 is 2.74 bits per heavy atom. The first-order chi connectivity index (χ1) is 14.9. The van der Waals surface area contributed by atoms with Crippen LogP contribution in [-0.4, -0.2) is 30.2 Å². The number of halogens is 2. The fourth-order valence-corrected chi connectivity index (χ4v) is 4.34. The number of rotatable bonds is 4. The maximum Gasteiger partial charge on any atom is 0.176 e. The zero-order chi connectivity index (χ0) is 21.6. The van der Waals surface area contributed by atoms with Gasteiger partial charge in [-0.25, -0.2) is 13.8 Å². The number of benzene rings is 1. The van der Waals surface area contributed by atoms with E-state index in [0.717, 1.165) is 23.7 Å². The normalized spacial score (nSPS) is 15.4. The van der Waals surface area contributed by atoms with Crippen LogP contribution in [0.3, 0.4) is 0 Å². The number of nitrogens with zero attached hydrogens (tertiary/aromatic N) is 6. The summed E-state index contributed by atoms with van der Waals surface area (Å²) in [6, 6.07) is 8.75. The zero-order valence-electron chi connectivity index (χ0n) is 17.0. The van der Waals surface area contributed by atoms with Gasteiger partial charge in [-0.05, 0) is 25.0 Å². The largest absolute Gasteiger partial charge is 0.275 e. The molecule has 1 fully saturated rings. The van der Waals surface area contributed by atoms with Gasteiger partial charge >= 0.3 is 0 Å². The third kappa shape index (κ3) is 3.56. The van der Waals surface area contributed by atoms with Crippen molar-refractivity contribution in [2.24, 2.45) is 7.05 Å². The van der Waals surface area contributed by atoms with E-state index in [1.54, 1.807) is 21.8 Å². The molecule has 156 valence electrons. The molecule has 1 saturated carbocycles. The molecule has 0 N–H and O–H groups in total. The molecular formula is C23H20F2N6. The molecule has 6 nitrogen and oxygen atoms in total. The van der Waals surface area contributed by atoms with E-state index in [0.29, 0.717) is 35.2 Å². The highest BCUT2D eigenvalue weighted by atomic mass is 19.1. The average molecular weight is 418 g/mol. The molecule has 0 bridgehead atoms. The van der Waals surface area contributed by atoms with Crippen LogP contribution in [0.4, 0.5) is 8.78 Å². The minimum Gasteiger partial charge on any atom is -0.275 e. The topological polar surface area (TPSA) is 72.3 Å². The Labute approximate surface area is 177 Å². The first-order valence-electron chi connectivity index (χ1n) is 10.2. The van der Waals surface area contributed by atoms with Crippen molar-refractivity contribution >= 4 is 10.9 Å². The van der Waals surface area contributed by atoms with Crippen molar-refractivity contribution in [3.05, 3.63) is 54.4 Å². The second-order valence-electron chi connectivity index (χ2n) is 8.19. The van der Waals surface area contributed by atoms with E-state index in [2.05, 4.69) is 15.2 Å². The number of aryl methyl sites for hydroxylation is 1. The van der Waals surface area contributed by atoms with Crippen molar-refractivity contribution in [2.75, 3.05) is 0 Å². The highest BCUT2D eigenvalue weighted by Crippen LogP contribution is 2.36. The zero-order valence-corrected chi connectivity index (χ0v) is 17.0. The van der Waals surface area contributed by atoms with E-state index < -0.39 is 11.5 Å². The lowest BCUT2D eigenvalue weighted by atomic mass is 10.00. The van der Waals surface area contributed by atoms with Crippen LogP contribution in [0, 0.1) is 17.1 Å². The number of alkyl halides is 1. The molecule has 1 aliphatic carbocycles. The summed E-state index contributed by atoms with van der Waals surface area (Å²) in [7, 11) is 1.84. The Morgan fingerprint density at radius 2 is 1.97 bits per heavy atom. The smallest absolute Gasteiger partial charge is 0.176 e. The van der Waals surface area contributed by atoms with E-state index in [1.165, 1.54) is 6.07 Å². The second kappa shape index (κ2) is 7.27. The van der Waals surface area contributed by atoms with Gasteiger partial charge in [-0.2, -0.15) is 15.5 Å². The van der Waals surface area contributed by atoms with E-state index in [-0.39, 0.29) is 12.2 Å². The monoisotopic (exact) mass is 418 g/mol. The molecule has 5 rings (SSSR count). The molecule has 3 heterocycles. The summed E-state index contributed by atoms with van der Waals surface area (Å²) in [6.45, 7) is 0.175. The molecule has 8 heteroatoms. The van der Waals surface area contributed by atoms with Crippen molar-refractivity contribution < 1.29 is 8.78 Å². The van der Waals surface area contributed by atoms with Crippen LogP contribution >= 0.6 is 0 Å². The lowest BCUT2D eigenvalue weighted by molar-refractivity contribution is 0.139. The van der Waals surface area contributed by atoms with Crippen LogP contribution in [0.2, 0.25) is 0 Å². The summed E-state index contributed by atoms with van der Waals surface area (Å²) in [4.78, 5) is 4.30. The first-order valence-corrected chi connectivity index (χ1v) is 10.2. The van der Waals surface area contributed by atoms with Crippen molar-refractivity contribution in [3.8, 4) is 28.5 Å². The van der Waals surface area contributed by atoms with Crippen LogP contribution < -0.4 is 0 Å². The summed E-state index contributed by atoms with van der Waals surface area (Å²) in [5.74, 6) is -0.703. The highest BCUT2D eigenvalue weighted by Gasteiger charge is 2.34. The van der Waals surface area contributed by atoms with Gasteiger partial charge in [0.15, 0.2) is 11.5 Å². The van der Waals surface area contributed by atoms with Crippen LogP contribution in [0.5, 0.6) is 0 Å². The van der Waals surface area contributed by atoms with Crippen molar-refractivity contribution in [3.63, 3.8) is 0 Å². The fourth-order valence-electron chi connectivity index (χ4n) is 4.34. The van der Waals surface area contributed by atoms with Gasteiger partial charge in [-0.3, -0.25) is 9.36 Å². The van der Waals surface area contributed by atoms with Crippen LogP contribution in [0.1, 0.15) is 31.4 Å². The Hall–Kier alpha value is -3.60. The van der Waals surface area contributed by atoms with Crippen LogP contribution in [0.25, 0.3) is 33.3 Å². The second-order valence-corrected chi connectivity index (χ2v) is 8.19. The van der Waals surface area contributed by atoms with Gasteiger partial charge < -0.3 is 0 Å². The van der Waals surface area contributed by atoms with Gasteiger partial charge in [0.25, 0.3) is 0 Å². The Balaban J connectivity index is 1.60. The Bertz CT molecular complexity index is 1320. The van der Waals surface area contributed by atoms with E-state index in [9.17, 15) is 14.0 Å². The molecule has 3 aromatic heterocycles. The highest BCUT2D eigenvalue weighted by molar-refractivity contribution is 5.87. The third-order valence-corrected chi connectivity index (χ3v) is 5.87. The van der Waals surface area contributed by atoms with Gasteiger partial charge in [0.1, 0.15) is 11.7 Å². The van der Waals surface area contributed by atoms with Gasteiger partial charge in [0.2, 0.25) is 0 Å². The van der Waals surface area contributed by atoms with Crippen molar-refractivity contribution in [1.29, 1.82) is 5.26 Å². The van der Waals surface area contributed by atoms with Gasteiger partial charge in [-0.1, -0.05) is 25.0 Å². The molecular weight excluding hydrogens is 398 g/mol. The maximum absolute atomic E-state index is 14.9. The molecule has 0 saturated heterocycles. The molecule has 0 amide bonds. The molecule has 31 heavy (non-hydrogen) atoms. The van der Waals surface area contributed by atoms with E-state index >= 15 is 0 Å². The number of hydrogen-bond acceptors (Lipinski definition) is 4. The maximum atomic E-state index is 14.9. The number of aromatic nitrogens is 5. The number of pyridine rings is 1. The van der Waals surface area contributed by atoms with Crippen LogP contribution in [0.15, 0.2) is 42.9 Å². The number of fused-ring (bicyclic) bond motifs is 1. The Kier molecular flexibility index (Phi) is 4.54. The van der Waals surface area contributed by atoms with Crippen molar-refractivity contribution in [2.45, 2.75) is 37.9 Å². The first kappa shape index (κ1) is 19.4. The molecule has 0 atom stereocenters. The fraction of sp³-hybridized carbons (Fsp3) is 0.304. The third-order valence-electron chi connectivity index (χ3n) is 5.87. The predicted octanol–water partition coefficient (Wildman–Crippen LogP) is 4.79. The van der Waals surface area contributed by atoms with Gasteiger partial charge in [0, 0.05) is 41.5 Å². The van der Waals surface area contributed by atoms with Crippen LogP contribution in [-0.2, 0) is 13.6 Å². The van der Waals surface area contributed by atoms with E-state index in [4.69, 9.17) is 0 Å². The lowest BCUT2D eigenvalue weighted by Gasteiger charge is -2.18. The molecule has 1 aromatic carbocycles. The number of nitriles is 1. The Morgan fingerprint density at radius 1 is 1.16 bits per heavy atom. The molecule has 4 aromatic rings. The minimum absolute atomic E-state index is 0.175. The summed E-state index contributed by atoms with van der Waals surface area (Å²) in [5, 5.41) is 19.0. The quantitative estimate of drug-likeness (QED) is 0.478. The summed E-state index contributed by atoms with van der Waals surface area (Å²) < 4.78 is 32.7. The van der Waals surface area contributed by atoms with Gasteiger partial charge in [-0.15, -0.1) is 0 Å². The lowest BCUT2D eigenvalue weighted by Crippen LogP contribution is -2.25. The summed E-state index contributed by atoms with van der Waals surface area (Å²) >= 11 is 0.